The summed E-state index contributed by atoms with van der Waals surface area (Å²) < 4.78 is 4.65. The molecule has 0 aromatic heterocycles. The van der Waals surface area contributed by atoms with Crippen LogP contribution in [0.25, 0.3) is 0 Å². The highest BCUT2D eigenvalue weighted by Crippen LogP contribution is 2.23. The van der Waals surface area contributed by atoms with Gasteiger partial charge in [0.15, 0.2) is 5.78 Å². The SMILES string of the molecule is COC(=O)c1ccc(Cl)c(NC(=O)CCNc2ccc(C(C)=O)cc2)c1. The zero-order valence-corrected chi connectivity index (χ0v) is 15.2. The Kier molecular flexibility index (Phi) is 6.74. The van der Waals surface area contributed by atoms with Crippen molar-refractivity contribution < 1.29 is 19.1 Å². The van der Waals surface area contributed by atoms with Crippen LogP contribution in [0.4, 0.5) is 11.4 Å². The molecular formula is C19H19ClN2O4. The quantitative estimate of drug-likeness (QED) is 0.569. The highest BCUT2D eigenvalue weighted by atomic mass is 35.5. The molecular weight excluding hydrogens is 356 g/mol. The van der Waals surface area contributed by atoms with Crippen LogP contribution in [-0.4, -0.2) is 31.3 Å². The van der Waals surface area contributed by atoms with Crippen LogP contribution < -0.4 is 10.6 Å². The fraction of sp³-hybridized carbons (Fsp3) is 0.211. The highest BCUT2D eigenvalue weighted by molar-refractivity contribution is 6.33. The summed E-state index contributed by atoms with van der Waals surface area (Å²) in [7, 11) is 1.28. The third-order valence-electron chi connectivity index (χ3n) is 3.63. The number of Topliss-reactive ketones (excluding diaryl/α,β-unsaturated/α-hetero) is 1. The fourth-order valence-electron chi connectivity index (χ4n) is 2.22. The van der Waals surface area contributed by atoms with Crippen LogP contribution in [0, 0.1) is 0 Å². The lowest BCUT2D eigenvalue weighted by molar-refractivity contribution is -0.115. The molecule has 6 nitrogen and oxygen atoms in total. The van der Waals surface area contributed by atoms with E-state index >= 15 is 0 Å². The lowest BCUT2D eigenvalue weighted by Gasteiger charge is -2.10. The summed E-state index contributed by atoms with van der Waals surface area (Å²) in [4.78, 5) is 34.9. The molecule has 0 unspecified atom stereocenters. The monoisotopic (exact) mass is 374 g/mol. The van der Waals surface area contributed by atoms with E-state index < -0.39 is 5.97 Å². The van der Waals surface area contributed by atoms with Gasteiger partial charge in [-0.2, -0.15) is 0 Å². The number of ketones is 1. The van der Waals surface area contributed by atoms with E-state index in [4.69, 9.17) is 11.6 Å². The van der Waals surface area contributed by atoms with E-state index in [0.29, 0.717) is 28.4 Å². The normalized spacial score (nSPS) is 10.1. The number of ether oxygens (including phenoxy) is 1. The number of amides is 1. The minimum absolute atomic E-state index is 0.00184. The van der Waals surface area contributed by atoms with Crippen molar-refractivity contribution in [2.75, 3.05) is 24.3 Å². The predicted octanol–water partition coefficient (Wildman–Crippen LogP) is 3.77. The number of nitrogens with one attached hydrogen (secondary N) is 2. The maximum absolute atomic E-state index is 12.1. The lowest BCUT2D eigenvalue weighted by atomic mass is 10.1. The first-order valence-corrected chi connectivity index (χ1v) is 8.31. The van der Waals surface area contributed by atoms with Crippen molar-refractivity contribution in [3.63, 3.8) is 0 Å². The first-order valence-electron chi connectivity index (χ1n) is 7.93. The zero-order chi connectivity index (χ0) is 19.1. The van der Waals surface area contributed by atoms with Gasteiger partial charge in [-0.3, -0.25) is 9.59 Å². The van der Waals surface area contributed by atoms with Crippen molar-refractivity contribution in [3.05, 3.63) is 58.6 Å². The van der Waals surface area contributed by atoms with Gasteiger partial charge in [0.1, 0.15) is 0 Å². The van der Waals surface area contributed by atoms with Crippen LogP contribution in [0.2, 0.25) is 5.02 Å². The summed E-state index contributed by atoms with van der Waals surface area (Å²) in [6, 6.07) is 11.5. The molecule has 0 heterocycles. The van der Waals surface area contributed by atoms with E-state index in [0.717, 1.165) is 5.69 Å². The highest BCUT2D eigenvalue weighted by Gasteiger charge is 2.11. The maximum Gasteiger partial charge on any atom is 0.337 e. The van der Waals surface area contributed by atoms with E-state index in [-0.39, 0.29) is 18.1 Å². The van der Waals surface area contributed by atoms with Crippen LogP contribution >= 0.6 is 11.6 Å². The summed E-state index contributed by atoms with van der Waals surface area (Å²) in [6.45, 7) is 1.91. The molecule has 2 rings (SSSR count). The van der Waals surface area contributed by atoms with Crippen LogP contribution in [0.1, 0.15) is 34.1 Å². The van der Waals surface area contributed by atoms with Crippen LogP contribution in [0.15, 0.2) is 42.5 Å². The Morgan fingerprint density at radius 2 is 1.69 bits per heavy atom. The number of anilines is 2. The van der Waals surface area contributed by atoms with E-state index in [1.807, 2.05) is 0 Å². The van der Waals surface area contributed by atoms with Gasteiger partial charge in [0.05, 0.1) is 23.4 Å². The van der Waals surface area contributed by atoms with E-state index in [2.05, 4.69) is 15.4 Å². The molecule has 0 saturated heterocycles. The first-order chi connectivity index (χ1) is 12.4. The molecule has 0 aliphatic rings. The van der Waals surface area contributed by atoms with Gasteiger partial charge < -0.3 is 15.4 Å². The average Bonchev–Trinajstić information content (AvgIpc) is 2.63. The summed E-state index contributed by atoms with van der Waals surface area (Å²) in [5.41, 5.74) is 2.10. The minimum atomic E-state index is -0.507. The molecule has 0 bridgehead atoms. The number of hydrogen-bond donors (Lipinski definition) is 2. The van der Waals surface area contributed by atoms with Gasteiger partial charge in [-0.05, 0) is 49.4 Å². The van der Waals surface area contributed by atoms with Gasteiger partial charge in [-0.1, -0.05) is 11.6 Å². The van der Waals surface area contributed by atoms with E-state index in [1.54, 1.807) is 24.3 Å². The van der Waals surface area contributed by atoms with Gasteiger partial charge in [0.2, 0.25) is 5.91 Å². The predicted molar refractivity (Wildman–Crippen MR) is 101 cm³/mol. The van der Waals surface area contributed by atoms with Gasteiger partial charge in [0.25, 0.3) is 0 Å². The van der Waals surface area contributed by atoms with Gasteiger partial charge >= 0.3 is 5.97 Å². The van der Waals surface area contributed by atoms with Crippen molar-refractivity contribution in [3.8, 4) is 0 Å². The second-order valence-electron chi connectivity index (χ2n) is 5.54. The second kappa shape index (κ2) is 9.01. The van der Waals surface area contributed by atoms with E-state index in [1.165, 1.54) is 32.2 Å². The molecule has 0 atom stereocenters. The second-order valence-corrected chi connectivity index (χ2v) is 5.95. The lowest BCUT2D eigenvalue weighted by Crippen LogP contribution is -2.17. The van der Waals surface area contributed by atoms with Gasteiger partial charge in [-0.15, -0.1) is 0 Å². The summed E-state index contributed by atoms with van der Waals surface area (Å²) in [5.74, 6) is -0.753. The Balaban J connectivity index is 1.89. The molecule has 0 saturated carbocycles. The third-order valence-corrected chi connectivity index (χ3v) is 3.96. The molecule has 7 heteroatoms. The molecule has 0 spiro atoms. The molecule has 0 radical (unpaired) electrons. The molecule has 0 aliphatic heterocycles. The van der Waals surface area contributed by atoms with Gasteiger partial charge in [0, 0.05) is 24.2 Å². The van der Waals surface area contributed by atoms with Gasteiger partial charge in [-0.25, -0.2) is 4.79 Å². The van der Waals surface area contributed by atoms with Crippen LogP contribution in [-0.2, 0) is 9.53 Å². The molecule has 2 aromatic rings. The Morgan fingerprint density at radius 3 is 2.31 bits per heavy atom. The Hall–Kier alpha value is -2.86. The smallest absolute Gasteiger partial charge is 0.337 e. The number of carbonyl (C=O) groups is 3. The average molecular weight is 375 g/mol. The number of carbonyl (C=O) groups excluding carboxylic acids is 3. The Labute approximate surface area is 156 Å². The maximum atomic E-state index is 12.1. The number of esters is 1. The topological polar surface area (TPSA) is 84.5 Å². The van der Waals surface area contributed by atoms with Crippen molar-refractivity contribution in [2.24, 2.45) is 0 Å². The summed E-state index contributed by atoms with van der Waals surface area (Å²) in [5, 5.41) is 6.11. The number of rotatable bonds is 7. The summed E-state index contributed by atoms with van der Waals surface area (Å²) in [6.07, 6.45) is 0.202. The number of benzene rings is 2. The molecule has 2 aromatic carbocycles. The van der Waals surface area contributed by atoms with Crippen LogP contribution in [0.5, 0.6) is 0 Å². The Bertz CT molecular complexity index is 819. The zero-order valence-electron chi connectivity index (χ0n) is 14.5. The molecule has 2 N–H and O–H groups in total. The molecule has 0 fully saturated rings. The molecule has 1 amide bonds. The molecule has 0 aliphatic carbocycles. The van der Waals surface area contributed by atoms with Crippen molar-refractivity contribution >= 4 is 40.6 Å². The van der Waals surface area contributed by atoms with Crippen LogP contribution in [0.3, 0.4) is 0 Å². The number of methoxy groups -OCH3 is 1. The van der Waals surface area contributed by atoms with Crippen molar-refractivity contribution in [1.29, 1.82) is 0 Å². The van der Waals surface area contributed by atoms with E-state index in [9.17, 15) is 14.4 Å². The largest absolute Gasteiger partial charge is 0.465 e. The number of halogens is 1. The van der Waals surface area contributed by atoms with Crippen molar-refractivity contribution in [2.45, 2.75) is 13.3 Å². The molecule has 26 heavy (non-hydrogen) atoms. The molecule has 136 valence electrons. The summed E-state index contributed by atoms with van der Waals surface area (Å²) >= 11 is 6.05. The number of hydrogen-bond acceptors (Lipinski definition) is 5. The standard InChI is InChI=1S/C19H19ClN2O4/c1-12(23)13-3-6-15(7-4-13)21-10-9-18(24)22-17-11-14(19(25)26-2)5-8-16(17)20/h3-8,11,21H,9-10H2,1-2H3,(H,22,24). The Morgan fingerprint density at radius 1 is 1.04 bits per heavy atom. The third kappa shape index (κ3) is 5.32. The minimum Gasteiger partial charge on any atom is -0.465 e. The fourth-order valence-corrected chi connectivity index (χ4v) is 2.39. The van der Waals surface area contributed by atoms with Crippen molar-refractivity contribution in [1.82, 2.24) is 0 Å². The first kappa shape index (κ1) is 19.5.